The molecule has 0 saturated carbocycles. The molecule has 2 amide bonds. The number of amides is 2. The van der Waals surface area contributed by atoms with Crippen molar-refractivity contribution in [3.63, 3.8) is 0 Å². The number of carbonyl (C=O) groups is 2. The Hall–Kier alpha value is -2.11. The summed E-state index contributed by atoms with van der Waals surface area (Å²) in [6.45, 7) is 1.65. The quantitative estimate of drug-likeness (QED) is 0.687. The molecule has 1 rings (SSSR count). The molecule has 1 unspecified atom stereocenters. The van der Waals surface area contributed by atoms with Crippen LogP contribution in [0.5, 0.6) is 0 Å². The zero-order valence-corrected chi connectivity index (χ0v) is 8.80. The van der Waals surface area contributed by atoms with Crippen molar-refractivity contribution < 1.29 is 14.7 Å². The molecule has 0 fully saturated rings. The Kier molecular flexibility index (Phi) is 4.26. The normalized spacial score (nSPS) is 11.6. The van der Waals surface area contributed by atoms with Crippen molar-refractivity contribution in [1.29, 1.82) is 0 Å². The Bertz CT molecular complexity index is 367. The lowest BCUT2D eigenvalue weighted by Gasteiger charge is -2.10. The number of hydrogen-bond donors (Lipinski definition) is 3. The van der Waals surface area contributed by atoms with Crippen molar-refractivity contribution in [3.8, 4) is 0 Å². The number of aromatic nitrogens is 1. The van der Waals surface area contributed by atoms with Crippen LogP contribution in [0.25, 0.3) is 0 Å². The van der Waals surface area contributed by atoms with Gasteiger partial charge in [0, 0.05) is 6.20 Å². The first-order chi connectivity index (χ1) is 7.59. The molecule has 0 saturated heterocycles. The van der Waals surface area contributed by atoms with Crippen LogP contribution in [0.1, 0.15) is 12.6 Å². The largest absolute Gasteiger partial charge is 0.480 e. The number of nitrogens with zero attached hydrogens (tertiary/aromatic N) is 1. The average Bonchev–Trinajstić information content (AvgIpc) is 2.27. The molecular formula is C10H13N3O3. The predicted molar refractivity (Wildman–Crippen MR) is 56.7 cm³/mol. The number of hydrogen-bond acceptors (Lipinski definition) is 3. The number of rotatable bonds is 4. The molecule has 6 nitrogen and oxygen atoms in total. The van der Waals surface area contributed by atoms with Gasteiger partial charge in [0.2, 0.25) is 0 Å². The van der Waals surface area contributed by atoms with Gasteiger partial charge in [0.05, 0.1) is 12.2 Å². The number of urea groups is 1. The molecular weight excluding hydrogens is 210 g/mol. The minimum Gasteiger partial charge on any atom is -0.480 e. The Morgan fingerprint density at radius 1 is 1.50 bits per heavy atom. The summed E-state index contributed by atoms with van der Waals surface area (Å²) in [6, 6.07) is 3.91. The highest BCUT2D eigenvalue weighted by Gasteiger charge is 2.13. The summed E-state index contributed by atoms with van der Waals surface area (Å²) < 4.78 is 0. The Labute approximate surface area is 92.7 Å². The number of carboxylic acid groups (broad SMARTS) is 1. The van der Waals surface area contributed by atoms with E-state index in [1.165, 1.54) is 6.92 Å². The van der Waals surface area contributed by atoms with Crippen molar-refractivity contribution in [3.05, 3.63) is 30.1 Å². The molecule has 0 bridgehead atoms. The molecule has 6 heteroatoms. The Balaban J connectivity index is 2.33. The van der Waals surface area contributed by atoms with Gasteiger partial charge in [-0.1, -0.05) is 6.07 Å². The number of carbonyl (C=O) groups excluding carboxylic acids is 1. The van der Waals surface area contributed by atoms with Crippen LogP contribution in [0.4, 0.5) is 4.79 Å². The summed E-state index contributed by atoms with van der Waals surface area (Å²) in [5.74, 6) is -1.08. The first-order valence-corrected chi connectivity index (χ1v) is 4.76. The standard InChI is InChI=1S/C10H13N3O3/c1-7(9(14)15)13-10(16)12-6-8-4-2-3-5-11-8/h2-5,7H,6H2,1H3,(H,14,15)(H2,12,13,16). The van der Waals surface area contributed by atoms with E-state index in [9.17, 15) is 9.59 Å². The van der Waals surface area contributed by atoms with E-state index >= 15 is 0 Å². The van der Waals surface area contributed by atoms with E-state index in [1.54, 1.807) is 18.3 Å². The van der Waals surface area contributed by atoms with Gasteiger partial charge in [-0.25, -0.2) is 4.79 Å². The summed E-state index contributed by atoms with van der Waals surface area (Å²) in [7, 11) is 0. The van der Waals surface area contributed by atoms with Gasteiger partial charge >= 0.3 is 12.0 Å². The minimum atomic E-state index is -1.08. The predicted octanol–water partition coefficient (Wildman–Crippen LogP) is 0.354. The fourth-order valence-electron chi connectivity index (χ4n) is 0.983. The SMILES string of the molecule is CC(NC(=O)NCc1ccccn1)C(=O)O. The van der Waals surface area contributed by atoms with E-state index < -0.39 is 18.0 Å². The number of carboxylic acids is 1. The zero-order valence-electron chi connectivity index (χ0n) is 8.80. The van der Waals surface area contributed by atoms with Crippen LogP contribution in [0.3, 0.4) is 0 Å². The van der Waals surface area contributed by atoms with Crippen LogP contribution in [0.15, 0.2) is 24.4 Å². The fraction of sp³-hybridized carbons (Fsp3) is 0.300. The maximum Gasteiger partial charge on any atom is 0.325 e. The van der Waals surface area contributed by atoms with Gasteiger partial charge in [0.15, 0.2) is 0 Å². The maximum atomic E-state index is 11.2. The molecule has 0 radical (unpaired) electrons. The molecule has 86 valence electrons. The molecule has 16 heavy (non-hydrogen) atoms. The summed E-state index contributed by atoms with van der Waals surface area (Å²) >= 11 is 0. The van der Waals surface area contributed by atoms with Crippen molar-refractivity contribution in [2.24, 2.45) is 0 Å². The van der Waals surface area contributed by atoms with Crippen LogP contribution < -0.4 is 10.6 Å². The molecule has 0 spiro atoms. The van der Waals surface area contributed by atoms with E-state index in [1.807, 2.05) is 6.07 Å². The second kappa shape index (κ2) is 5.69. The first-order valence-electron chi connectivity index (χ1n) is 4.76. The summed E-state index contributed by atoms with van der Waals surface area (Å²) in [4.78, 5) is 25.7. The van der Waals surface area contributed by atoms with Crippen molar-refractivity contribution >= 4 is 12.0 Å². The van der Waals surface area contributed by atoms with Gasteiger partial charge in [0.25, 0.3) is 0 Å². The lowest BCUT2D eigenvalue weighted by atomic mass is 10.3. The average molecular weight is 223 g/mol. The maximum absolute atomic E-state index is 11.2. The van der Waals surface area contributed by atoms with Crippen LogP contribution >= 0.6 is 0 Å². The fourth-order valence-corrected chi connectivity index (χ4v) is 0.983. The van der Waals surface area contributed by atoms with Gasteiger partial charge < -0.3 is 15.7 Å². The van der Waals surface area contributed by atoms with Gasteiger partial charge in [0.1, 0.15) is 6.04 Å². The first kappa shape index (κ1) is 12.0. The Morgan fingerprint density at radius 3 is 2.81 bits per heavy atom. The molecule has 3 N–H and O–H groups in total. The van der Waals surface area contributed by atoms with Gasteiger partial charge in [-0.2, -0.15) is 0 Å². The molecule has 0 aliphatic carbocycles. The number of pyridine rings is 1. The highest BCUT2D eigenvalue weighted by Crippen LogP contribution is 1.91. The third-order valence-electron chi connectivity index (χ3n) is 1.87. The molecule has 1 heterocycles. The van der Waals surface area contributed by atoms with E-state index in [4.69, 9.17) is 5.11 Å². The lowest BCUT2D eigenvalue weighted by Crippen LogP contribution is -2.44. The van der Waals surface area contributed by atoms with Crippen LogP contribution in [-0.2, 0) is 11.3 Å². The molecule has 0 aliphatic heterocycles. The lowest BCUT2D eigenvalue weighted by molar-refractivity contribution is -0.138. The molecule has 0 aromatic carbocycles. The van der Waals surface area contributed by atoms with Crippen molar-refractivity contribution in [1.82, 2.24) is 15.6 Å². The third kappa shape index (κ3) is 3.95. The third-order valence-corrected chi connectivity index (χ3v) is 1.87. The number of nitrogens with one attached hydrogen (secondary N) is 2. The minimum absolute atomic E-state index is 0.263. The topological polar surface area (TPSA) is 91.3 Å². The molecule has 1 atom stereocenters. The van der Waals surface area contributed by atoms with Gasteiger partial charge in [-0.05, 0) is 19.1 Å². The zero-order chi connectivity index (χ0) is 12.0. The molecule has 1 aromatic heterocycles. The Morgan fingerprint density at radius 2 is 2.25 bits per heavy atom. The van der Waals surface area contributed by atoms with Crippen molar-refractivity contribution in [2.45, 2.75) is 19.5 Å². The van der Waals surface area contributed by atoms with E-state index in [-0.39, 0.29) is 6.54 Å². The molecule has 1 aromatic rings. The van der Waals surface area contributed by atoms with E-state index in [0.29, 0.717) is 5.69 Å². The molecule has 0 aliphatic rings. The van der Waals surface area contributed by atoms with Crippen LogP contribution in [0.2, 0.25) is 0 Å². The van der Waals surface area contributed by atoms with Gasteiger partial charge in [-0.15, -0.1) is 0 Å². The van der Waals surface area contributed by atoms with E-state index in [0.717, 1.165) is 0 Å². The van der Waals surface area contributed by atoms with Crippen LogP contribution in [0, 0.1) is 0 Å². The van der Waals surface area contributed by atoms with Crippen molar-refractivity contribution in [2.75, 3.05) is 0 Å². The highest BCUT2D eigenvalue weighted by atomic mass is 16.4. The summed E-state index contributed by atoms with van der Waals surface area (Å²) in [6.07, 6.45) is 1.62. The van der Waals surface area contributed by atoms with E-state index in [2.05, 4.69) is 15.6 Å². The summed E-state index contributed by atoms with van der Waals surface area (Å²) in [5.41, 5.74) is 0.709. The highest BCUT2D eigenvalue weighted by molar-refractivity contribution is 5.82. The number of aliphatic carboxylic acids is 1. The smallest absolute Gasteiger partial charge is 0.325 e. The second-order valence-electron chi connectivity index (χ2n) is 3.21. The second-order valence-corrected chi connectivity index (χ2v) is 3.21. The summed E-state index contributed by atoms with van der Waals surface area (Å²) in [5, 5.41) is 13.3. The van der Waals surface area contributed by atoms with Gasteiger partial charge in [-0.3, -0.25) is 9.78 Å². The van der Waals surface area contributed by atoms with Crippen LogP contribution in [-0.4, -0.2) is 28.1 Å². The monoisotopic (exact) mass is 223 g/mol.